The highest BCUT2D eigenvalue weighted by Crippen LogP contribution is 2.23. The standard InChI is InChI=1S/C12H17F3N2O/c1-3-17(8-12(13,14)15)7-9-6-10(18-2)4-5-11(9)16/h4-6H,3,7-8,16H2,1-2H3. The number of hydrogen-bond donors (Lipinski definition) is 1. The molecule has 0 aliphatic carbocycles. The number of anilines is 1. The van der Waals surface area contributed by atoms with E-state index in [-0.39, 0.29) is 6.54 Å². The first kappa shape index (κ1) is 14.6. The minimum absolute atomic E-state index is 0.152. The van der Waals surface area contributed by atoms with Crippen LogP contribution in [-0.4, -0.2) is 31.3 Å². The molecule has 1 aromatic carbocycles. The minimum Gasteiger partial charge on any atom is -0.497 e. The van der Waals surface area contributed by atoms with Crippen molar-refractivity contribution in [2.75, 3.05) is 25.9 Å². The molecule has 0 bridgehead atoms. The van der Waals surface area contributed by atoms with Gasteiger partial charge in [-0.2, -0.15) is 13.2 Å². The van der Waals surface area contributed by atoms with E-state index in [1.165, 1.54) is 12.0 Å². The minimum atomic E-state index is -4.20. The van der Waals surface area contributed by atoms with Gasteiger partial charge in [0.25, 0.3) is 0 Å². The number of nitrogens with two attached hydrogens (primary N) is 1. The molecule has 0 saturated heterocycles. The molecule has 0 saturated carbocycles. The maximum Gasteiger partial charge on any atom is 0.401 e. The number of rotatable bonds is 5. The van der Waals surface area contributed by atoms with E-state index >= 15 is 0 Å². The second kappa shape index (κ2) is 5.95. The van der Waals surface area contributed by atoms with Gasteiger partial charge < -0.3 is 10.5 Å². The summed E-state index contributed by atoms with van der Waals surface area (Å²) in [6.45, 7) is 1.19. The molecule has 0 aliphatic rings. The summed E-state index contributed by atoms with van der Waals surface area (Å²) in [5.41, 5.74) is 6.86. The first-order chi connectivity index (χ1) is 8.35. The molecule has 0 fully saturated rings. The average molecular weight is 262 g/mol. The molecule has 0 amide bonds. The van der Waals surface area contributed by atoms with E-state index in [0.717, 1.165) is 0 Å². The number of ether oxygens (including phenoxy) is 1. The second-order valence-electron chi connectivity index (χ2n) is 3.98. The zero-order chi connectivity index (χ0) is 13.8. The lowest BCUT2D eigenvalue weighted by atomic mass is 10.1. The van der Waals surface area contributed by atoms with Crippen LogP contribution in [-0.2, 0) is 6.54 Å². The molecule has 0 spiro atoms. The molecule has 2 N–H and O–H groups in total. The van der Waals surface area contributed by atoms with Gasteiger partial charge in [-0.1, -0.05) is 6.92 Å². The fourth-order valence-electron chi connectivity index (χ4n) is 1.62. The van der Waals surface area contributed by atoms with E-state index in [9.17, 15) is 13.2 Å². The summed E-state index contributed by atoms with van der Waals surface area (Å²) in [6.07, 6.45) is -4.20. The van der Waals surface area contributed by atoms with E-state index in [2.05, 4.69) is 0 Å². The molecule has 0 atom stereocenters. The highest BCUT2D eigenvalue weighted by atomic mass is 19.4. The summed E-state index contributed by atoms with van der Waals surface area (Å²) in [5, 5.41) is 0. The van der Waals surface area contributed by atoms with Crippen LogP contribution in [0, 0.1) is 0 Å². The van der Waals surface area contributed by atoms with Gasteiger partial charge in [-0.15, -0.1) is 0 Å². The fraction of sp³-hybridized carbons (Fsp3) is 0.500. The number of halogens is 3. The molecule has 18 heavy (non-hydrogen) atoms. The molecule has 1 rings (SSSR count). The molecule has 0 unspecified atom stereocenters. The van der Waals surface area contributed by atoms with E-state index in [1.54, 1.807) is 25.1 Å². The summed E-state index contributed by atoms with van der Waals surface area (Å²) >= 11 is 0. The van der Waals surface area contributed by atoms with Gasteiger partial charge in [0, 0.05) is 12.2 Å². The van der Waals surface area contributed by atoms with Gasteiger partial charge in [0.15, 0.2) is 0 Å². The topological polar surface area (TPSA) is 38.5 Å². The van der Waals surface area contributed by atoms with Crippen LogP contribution >= 0.6 is 0 Å². The van der Waals surface area contributed by atoms with Crippen LogP contribution in [0.25, 0.3) is 0 Å². The lowest BCUT2D eigenvalue weighted by Crippen LogP contribution is -2.33. The van der Waals surface area contributed by atoms with Crippen molar-refractivity contribution in [3.05, 3.63) is 23.8 Å². The largest absolute Gasteiger partial charge is 0.497 e. The smallest absolute Gasteiger partial charge is 0.401 e. The van der Waals surface area contributed by atoms with Crippen molar-refractivity contribution in [3.63, 3.8) is 0 Å². The first-order valence-electron chi connectivity index (χ1n) is 5.57. The Bertz CT molecular complexity index is 393. The fourth-order valence-corrected chi connectivity index (χ4v) is 1.62. The Balaban J connectivity index is 2.81. The van der Waals surface area contributed by atoms with Crippen molar-refractivity contribution in [1.82, 2.24) is 4.90 Å². The maximum absolute atomic E-state index is 12.3. The molecule has 0 aliphatic heterocycles. The van der Waals surface area contributed by atoms with Crippen LogP contribution in [0.2, 0.25) is 0 Å². The van der Waals surface area contributed by atoms with Gasteiger partial charge >= 0.3 is 6.18 Å². The second-order valence-corrected chi connectivity index (χ2v) is 3.98. The molecule has 0 heterocycles. The quantitative estimate of drug-likeness (QED) is 0.829. The predicted octanol–water partition coefficient (Wildman–Crippen LogP) is 2.66. The van der Waals surface area contributed by atoms with Crippen LogP contribution in [0.5, 0.6) is 5.75 Å². The molecule has 102 valence electrons. The lowest BCUT2D eigenvalue weighted by Gasteiger charge is -2.22. The normalized spacial score (nSPS) is 11.9. The Labute approximate surface area is 104 Å². The molecule has 6 heteroatoms. The van der Waals surface area contributed by atoms with Crippen LogP contribution in [0.1, 0.15) is 12.5 Å². The van der Waals surface area contributed by atoms with E-state index in [1.807, 2.05) is 0 Å². The molecular formula is C12H17F3N2O. The maximum atomic E-state index is 12.3. The molecule has 1 aromatic rings. The lowest BCUT2D eigenvalue weighted by molar-refractivity contribution is -0.146. The highest BCUT2D eigenvalue weighted by Gasteiger charge is 2.30. The number of nitrogens with zero attached hydrogens (tertiary/aromatic N) is 1. The van der Waals surface area contributed by atoms with Gasteiger partial charge in [-0.3, -0.25) is 4.90 Å². The van der Waals surface area contributed by atoms with Crippen molar-refractivity contribution in [3.8, 4) is 5.75 Å². The zero-order valence-corrected chi connectivity index (χ0v) is 10.4. The highest BCUT2D eigenvalue weighted by molar-refractivity contribution is 5.50. The van der Waals surface area contributed by atoms with E-state index < -0.39 is 12.7 Å². The predicted molar refractivity (Wildman–Crippen MR) is 64.4 cm³/mol. The van der Waals surface area contributed by atoms with Crippen molar-refractivity contribution >= 4 is 5.69 Å². The van der Waals surface area contributed by atoms with Gasteiger partial charge in [-0.25, -0.2) is 0 Å². The SMILES string of the molecule is CCN(Cc1cc(OC)ccc1N)CC(F)(F)F. The van der Waals surface area contributed by atoms with Crippen LogP contribution < -0.4 is 10.5 Å². The van der Waals surface area contributed by atoms with Crippen molar-refractivity contribution in [1.29, 1.82) is 0 Å². The monoisotopic (exact) mass is 262 g/mol. The third-order valence-corrected chi connectivity index (χ3v) is 2.59. The number of hydrogen-bond acceptors (Lipinski definition) is 3. The number of nitrogen functional groups attached to an aromatic ring is 1. The number of benzene rings is 1. The Kier molecular flexibility index (Phi) is 4.84. The Morgan fingerprint density at radius 1 is 1.33 bits per heavy atom. The van der Waals surface area contributed by atoms with Crippen molar-refractivity contribution < 1.29 is 17.9 Å². The molecule has 0 radical (unpaired) electrons. The Hall–Kier alpha value is -1.43. The van der Waals surface area contributed by atoms with Crippen LogP contribution in [0.15, 0.2) is 18.2 Å². The molecule has 3 nitrogen and oxygen atoms in total. The molecular weight excluding hydrogens is 245 g/mol. The van der Waals surface area contributed by atoms with Crippen LogP contribution in [0.3, 0.4) is 0 Å². The van der Waals surface area contributed by atoms with Gasteiger partial charge in [0.05, 0.1) is 13.7 Å². The van der Waals surface area contributed by atoms with Gasteiger partial charge in [0.1, 0.15) is 5.75 Å². The first-order valence-corrected chi connectivity index (χ1v) is 5.57. The average Bonchev–Trinajstić information content (AvgIpc) is 2.29. The summed E-state index contributed by atoms with van der Waals surface area (Å²) < 4.78 is 42.1. The third kappa shape index (κ3) is 4.44. The number of methoxy groups -OCH3 is 1. The van der Waals surface area contributed by atoms with Crippen molar-refractivity contribution in [2.24, 2.45) is 0 Å². The summed E-state index contributed by atoms with van der Waals surface area (Å²) in [7, 11) is 1.50. The summed E-state index contributed by atoms with van der Waals surface area (Å²) in [5.74, 6) is 0.585. The van der Waals surface area contributed by atoms with Crippen molar-refractivity contribution in [2.45, 2.75) is 19.6 Å². The number of alkyl halides is 3. The zero-order valence-electron chi connectivity index (χ0n) is 10.4. The molecule has 0 aromatic heterocycles. The van der Waals surface area contributed by atoms with E-state index in [0.29, 0.717) is 23.5 Å². The third-order valence-electron chi connectivity index (χ3n) is 2.59. The van der Waals surface area contributed by atoms with E-state index in [4.69, 9.17) is 10.5 Å². The summed E-state index contributed by atoms with van der Waals surface area (Å²) in [6, 6.07) is 4.98. The van der Waals surface area contributed by atoms with Gasteiger partial charge in [0.2, 0.25) is 0 Å². The Morgan fingerprint density at radius 2 is 2.00 bits per heavy atom. The summed E-state index contributed by atoms with van der Waals surface area (Å²) in [4.78, 5) is 1.28. The Morgan fingerprint density at radius 3 is 2.50 bits per heavy atom. The van der Waals surface area contributed by atoms with Gasteiger partial charge in [-0.05, 0) is 30.3 Å². The van der Waals surface area contributed by atoms with Crippen LogP contribution in [0.4, 0.5) is 18.9 Å².